The highest BCUT2D eigenvalue weighted by molar-refractivity contribution is 7.92. The number of aryl methyl sites for hydroxylation is 1. The van der Waals surface area contributed by atoms with Crippen molar-refractivity contribution in [2.45, 2.75) is 24.7 Å². The molecule has 172 valence electrons. The Morgan fingerprint density at radius 2 is 1.94 bits per heavy atom. The van der Waals surface area contributed by atoms with Gasteiger partial charge in [-0.1, -0.05) is 24.3 Å². The summed E-state index contributed by atoms with van der Waals surface area (Å²) in [4.78, 5) is 27.3. The van der Waals surface area contributed by atoms with Crippen molar-refractivity contribution in [3.63, 3.8) is 0 Å². The summed E-state index contributed by atoms with van der Waals surface area (Å²) in [6.07, 6.45) is 1.45. The summed E-state index contributed by atoms with van der Waals surface area (Å²) in [5, 5.41) is 2.83. The van der Waals surface area contributed by atoms with Crippen molar-refractivity contribution in [1.82, 2.24) is 10.2 Å². The molecule has 8 nitrogen and oxygen atoms in total. The van der Waals surface area contributed by atoms with Gasteiger partial charge in [-0.05, 0) is 49.6 Å². The Kier molecular flexibility index (Phi) is 7.87. The highest BCUT2D eigenvalue weighted by atomic mass is 32.2. The number of nitrogens with one attached hydrogen (secondary N) is 2. The Hall–Kier alpha value is -2.91. The summed E-state index contributed by atoms with van der Waals surface area (Å²) >= 11 is 0. The molecule has 0 aliphatic carbocycles. The molecule has 0 spiro atoms. The van der Waals surface area contributed by atoms with E-state index in [1.807, 2.05) is 0 Å². The van der Waals surface area contributed by atoms with Gasteiger partial charge in [-0.3, -0.25) is 14.3 Å². The number of rotatable bonds is 8. The number of hydrogen-bond donors (Lipinski definition) is 2. The average molecular weight is 460 g/mol. The smallest absolute Gasteiger partial charge is 0.262 e. The van der Waals surface area contributed by atoms with Crippen LogP contribution in [0, 0.1) is 12.8 Å². The van der Waals surface area contributed by atoms with E-state index >= 15 is 0 Å². The molecule has 1 aliphatic rings. The van der Waals surface area contributed by atoms with Gasteiger partial charge in [-0.15, -0.1) is 0 Å². The standard InChI is InChI=1S/C23H29N3O5S/c1-17-7-3-4-11-21(17)32(29,30)25-20-10-5-8-18(15-20)23(28)26-13-6-9-19(16-26)22(27)24-12-14-31-2/h3-5,7-8,10-11,15,19,25H,6,9,12-14,16H2,1-2H3,(H,24,27). The molecule has 9 heteroatoms. The van der Waals surface area contributed by atoms with Crippen LogP contribution in [0.15, 0.2) is 53.4 Å². The number of nitrogens with zero attached hydrogens (tertiary/aromatic N) is 1. The molecule has 2 aromatic carbocycles. The van der Waals surface area contributed by atoms with Gasteiger partial charge in [0.1, 0.15) is 0 Å². The molecule has 0 radical (unpaired) electrons. The fourth-order valence-corrected chi connectivity index (χ4v) is 5.06. The van der Waals surface area contributed by atoms with Gasteiger partial charge in [-0.25, -0.2) is 8.42 Å². The maximum atomic E-state index is 13.1. The highest BCUT2D eigenvalue weighted by Gasteiger charge is 2.29. The number of benzene rings is 2. The van der Waals surface area contributed by atoms with Gasteiger partial charge in [0.25, 0.3) is 15.9 Å². The average Bonchev–Trinajstić information content (AvgIpc) is 2.79. The molecule has 2 amide bonds. The third-order valence-corrected chi connectivity index (χ3v) is 6.97. The summed E-state index contributed by atoms with van der Waals surface area (Å²) in [5.74, 6) is -0.581. The second kappa shape index (κ2) is 10.6. The first-order valence-electron chi connectivity index (χ1n) is 10.6. The van der Waals surface area contributed by atoms with Crippen LogP contribution in [-0.2, 0) is 19.6 Å². The number of amides is 2. The first-order valence-corrected chi connectivity index (χ1v) is 12.0. The number of carbonyl (C=O) groups excluding carboxylic acids is 2. The third-order valence-electron chi connectivity index (χ3n) is 5.43. The molecule has 0 aromatic heterocycles. The van der Waals surface area contributed by atoms with E-state index < -0.39 is 10.0 Å². The Balaban J connectivity index is 1.70. The van der Waals surface area contributed by atoms with Crippen molar-refractivity contribution in [2.75, 3.05) is 38.1 Å². The molecule has 0 saturated carbocycles. The fraction of sp³-hybridized carbons (Fsp3) is 0.391. The number of anilines is 1. The van der Waals surface area contributed by atoms with Crippen molar-refractivity contribution in [3.05, 3.63) is 59.7 Å². The van der Waals surface area contributed by atoms with Crippen LogP contribution in [-0.4, -0.2) is 58.5 Å². The molecule has 2 aromatic rings. The predicted molar refractivity (Wildman–Crippen MR) is 122 cm³/mol. The van der Waals surface area contributed by atoms with E-state index in [1.54, 1.807) is 55.3 Å². The monoisotopic (exact) mass is 459 g/mol. The van der Waals surface area contributed by atoms with Crippen molar-refractivity contribution >= 4 is 27.5 Å². The van der Waals surface area contributed by atoms with E-state index in [-0.39, 0.29) is 22.6 Å². The number of sulfonamides is 1. The van der Waals surface area contributed by atoms with Crippen molar-refractivity contribution in [2.24, 2.45) is 5.92 Å². The first kappa shape index (κ1) is 23.7. The van der Waals surface area contributed by atoms with Crippen LogP contribution in [0.25, 0.3) is 0 Å². The molecule has 1 unspecified atom stereocenters. The minimum Gasteiger partial charge on any atom is -0.383 e. The molecule has 32 heavy (non-hydrogen) atoms. The topological polar surface area (TPSA) is 105 Å². The lowest BCUT2D eigenvalue weighted by molar-refractivity contribution is -0.126. The van der Waals surface area contributed by atoms with E-state index in [0.717, 1.165) is 12.8 Å². The van der Waals surface area contributed by atoms with Gasteiger partial charge in [0.05, 0.1) is 17.4 Å². The van der Waals surface area contributed by atoms with Crippen LogP contribution in [0.1, 0.15) is 28.8 Å². The second-order valence-corrected chi connectivity index (χ2v) is 9.48. The molecule has 0 bridgehead atoms. The van der Waals surface area contributed by atoms with Crippen LogP contribution >= 0.6 is 0 Å². The first-order chi connectivity index (χ1) is 15.3. The molecule has 3 rings (SSSR count). The highest BCUT2D eigenvalue weighted by Crippen LogP contribution is 2.22. The van der Waals surface area contributed by atoms with Gasteiger partial charge in [0, 0.05) is 38.0 Å². The second-order valence-electron chi connectivity index (χ2n) is 7.83. The Bertz CT molecular complexity index is 1070. The maximum absolute atomic E-state index is 13.1. The van der Waals surface area contributed by atoms with Crippen LogP contribution in [0.3, 0.4) is 0 Å². The number of piperidine rings is 1. The van der Waals surface area contributed by atoms with Crippen molar-refractivity contribution < 1.29 is 22.7 Å². The molecule has 1 atom stereocenters. The minimum absolute atomic E-state index is 0.0840. The van der Waals surface area contributed by atoms with E-state index in [1.165, 1.54) is 12.1 Å². The molecule has 1 heterocycles. The minimum atomic E-state index is -3.78. The zero-order valence-electron chi connectivity index (χ0n) is 18.3. The lowest BCUT2D eigenvalue weighted by Crippen LogP contribution is -2.45. The summed E-state index contributed by atoms with van der Waals surface area (Å²) in [6, 6.07) is 13.1. The SMILES string of the molecule is COCCNC(=O)C1CCCN(C(=O)c2cccc(NS(=O)(=O)c3ccccc3C)c2)C1. The lowest BCUT2D eigenvalue weighted by atomic mass is 9.96. The summed E-state index contributed by atoms with van der Waals surface area (Å²) in [6.45, 7) is 3.48. The largest absolute Gasteiger partial charge is 0.383 e. The van der Waals surface area contributed by atoms with E-state index in [9.17, 15) is 18.0 Å². The zero-order valence-corrected chi connectivity index (χ0v) is 19.2. The number of ether oxygens (including phenoxy) is 1. The van der Waals surface area contributed by atoms with Crippen LogP contribution in [0.4, 0.5) is 5.69 Å². The number of methoxy groups -OCH3 is 1. The van der Waals surface area contributed by atoms with Crippen LogP contribution in [0.2, 0.25) is 0 Å². The van der Waals surface area contributed by atoms with E-state index in [0.29, 0.717) is 43.1 Å². The number of hydrogen-bond acceptors (Lipinski definition) is 5. The van der Waals surface area contributed by atoms with E-state index in [2.05, 4.69) is 10.0 Å². The van der Waals surface area contributed by atoms with Gasteiger partial charge in [0.15, 0.2) is 0 Å². The van der Waals surface area contributed by atoms with Crippen molar-refractivity contribution in [3.8, 4) is 0 Å². The maximum Gasteiger partial charge on any atom is 0.262 e. The molecule has 2 N–H and O–H groups in total. The molecular formula is C23H29N3O5S. The van der Waals surface area contributed by atoms with E-state index in [4.69, 9.17) is 4.74 Å². The number of likely N-dealkylation sites (tertiary alicyclic amines) is 1. The van der Waals surface area contributed by atoms with Gasteiger partial charge < -0.3 is 15.0 Å². The lowest BCUT2D eigenvalue weighted by Gasteiger charge is -2.32. The fourth-order valence-electron chi connectivity index (χ4n) is 3.76. The molecule has 1 saturated heterocycles. The van der Waals surface area contributed by atoms with Gasteiger partial charge in [-0.2, -0.15) is 0 Å². The molecule has 1 fully saturated rings. The van der Waals surface area contributed by atoms with Crippen LogP contribution in [0.5, 0.6) is 0 Å². The zero-order chi connectivity index (χ0) is 23.1. The van der Waals surface area contributed by atoms with Gasteiger partial charge >= 0.3 is 0 Å². The summed E-state index contributed by atoms with van der Waals surface area (Å²) in [5.41, 5.74) is 1.32. The molecule has 1 aliphatic heterocycles. The summed E-state index contributed by atoms with van der Waals surface area (Å²) < 4.78 is 33.0. The normalized spacial score (nSPS) is 16.4. The van der Waals surface area contributed by atoms with Gasteiger partial charge in [0.2, 0.25) is 5.91 Å². The van der Waals surface area contributed by atoms with Crippen LogP contribution < -0.4 is 10.0 Å². The Morgan fingerprint density at radius 3 is 2.69 bits per heavy atom. The quantitative estimate of drug-likeness (QED) is 0.590. The number of carbonyl (C=O) groups is 2. The molecular weight excluding hydrogens is 430 g/mol. The van der Waals surface area contributed by atoms with Crippen molar-refractivity contribution in [1.29, 1.82) is 0 Å². The third kappa shape index (κ3) is 5.86. The summed E-state index contributed by atoms with van der Waals surface area (Å²) in [7, 11) is -2.21. The Labute approximate surface area is 189 Å². The Morgan fingerprint density at radius 1 is 1.16 bits per heavy atom. The predicted octanol–water partition coefficient (Wildman–Crippen LogP) is 2.41.